The summed E-state index contributed by atoms with van der Waals surface area (Å²) in [5, 5.41) is 19.3. The van der Waals surface area contributed by atoms with Crippen molar-refractivity contribution in [2.45, 2.75) is 110 Å². The molecule has 0 bridgehead atoms. The van der Waals surface area contributed by atoms with Crippen molar-refractivity contribution in [3.05, 3.63) is 0 Å². The maximum atomic E-state index is 11.0. The number of aliphatic carboxylic acids is 1. The zero-order chi connectivity index (χ0) is 19.7. The van der Waals surface area contributed by atoms with E-state index in [0.717, 1.165) is 17.8 Å². The summed E-state index contributed by atoms with van der Waals surface area (Å²) in [6, 6.07) is 0. The molecule has 6 atom stereocenters. The number of aliphatic hydroxyl groups is 1. The second-order valence-corrected chi connectivity index (χ2v) is 10.7. The third-order valence-electron chi connectivity index (χ3n) is 9.11. The van der Waals surface area contributed by atoms with Crippen molar-refractivity contribution in [3.8, 4) is 0 Å². The van der Waals surface area contributed by atoms with Crippen LogP contribution in [0, 0.1) is 34.5 Å². The van der Waals surface area contributed by atoms with Crippen LogP contribution < -0.4 is 0 Å². The fourth-order valence-corrected chi connectivity index (χ4v) is 7.73. The second-order valence-electron chi connectivity index (χ2n) is 10.7. The standard InChI is InChI=1S/C24H42O3/c1-4-8-19-20(23(2)12-6-5-7-13-23)11-14-24(3)17(9-10-21(19)24)15-18(25)16-22(26)27/h17-21,25H,4-16H2,1-3H3,(H,26,27). The molecule has 3 fully saturated rings. The Morgan fingerprint density at radius 2 is 1.74 bits per heavy atom. The number of carboxylic acid groups (broad SMARTS) is 1. The fourth-order valence-electron chi connectivity index (χ4n) is 7.73. The molecule has 2 N–H and O–H groups in total. The summed E-state index contributed by atoms with van der Waals surface area (Å²) in [5.41, 5.74) is 0.848. The lowest BCUT2D eigenvalue weighted by Gasteiger charge is -2.55. The largest absolute Gasteiger partial charge is 0.481 e. The van der Waals surface area contributed by atoms with E-state index in [1.165, 1.54) is 70.6 Å². The van der Waals surface area contributed by atoms with Gasteiger partial charge in [0.15, 0.2) is 0 Å². The smallest absolute Gasteiger partial charge is 0.305 e. The molecular weight excluding hydrogens is 336 g/mol. The van der Waals surface area contributed by atoms with Gasteiger partial charge in [0.2, 0.25) is 0 Å². The van der Waals surface area contributed by atoms with E-state index < -0.39 is 12.1 Å². The van der Waals surface area contributed by atoms with E-state index in [1.807, 2.05) is 0 Å². The van der Waals surface area contributed by atoms with Crippen LogP contribution >= 0.6 is 0 Å². The molecule has 0 aromatic heterocycles. The summed E-state index contributed by atoms with van der Waals surface area (Å²) in [4.78, 5) is 11.0. The first kappa shape index (κ1) is 21.1. The van der Waals surface area contributed by atoms with Gasteiger partial charge >= 0.3 is 5.97 Å². The summed E-state index contributed by atoms with van der Waals surface area (Å²) in [6.45, 7) is 7.41. The average molecular weight is 379 g/mol. The molecule has 3 nitrogen and oxygen atoms in total. The molecule has 0 amide bonds. The monoisotopic (exact) mass is 378 g/mol. The molecule has 27 heavy (non-hydrogen) atoms. The maximum absolute atomic E-state index is 11.0. The number of carboxylic acids is 1. The van der Waals surface area contributed by atoms with Crippen LogP contribution in [0.1, 0.15) is 104 Å². The Labute approximate surface area is 166 Å². The van der Waals surface area contributed by atoms with Gasteiger partial charge in [-0.15, -0.1) is 0 Å². The number of hydrogen-bond donors (Lipinski definition) is 2. The molecule has 3 saturated carbocycles. The highest BCUT2D eigenvalue weighted by molar-refractivity contribution is 5.67. The lowest BCUT2D eigenvalue weighted by Crippen LogP contribution is -2.47. The highest BCUT2D eigenvalue weighted by Gasteiger charge is 2.56. The minimum Gasteiger partial charge on any atom is -0.481 e. The number of hydrogen-bond acceptors (Lipinski definition) is 2. The third-order valence-corrected chi connectivity index (χ3v) is 9.11. The third kappa shape index (κ3) is 4.23. The first-order valence-electron chi connectivity index (χ1n) is 11.7. The normalized spacial score (nSPS) is 39.7. The van der Waals surface area contributed by atoms with Gasteiger partial charge in [-0.05, 0) is 79.4 Å². The summed E-state index contributed by atoms with van der Waals surface area (Å²) in [7, 11) is 0. The van der Waals surface area contributed by atoms with Crippen LogP contribution in [0.15, 0.2) is 0 Å². The van der Waals surface area contributed by atoms with E-state index in [-0.39, 0.29) is 6.42 Å². The fraction of sp³-hybridized carbons (Fsp3) is 0.958. The summed E-state index contributed by atoms with van der Waals surface area (Å²) in [5.74, 6) is 2.10. The van der Waals surface area contributed by atoms with Crippen molar-refractivity contribution >= 4 is 5.97 Å². The van der Waals surface area contributed by atoms with Gasteiger partial charge in [-0.25, -0.2) is 0 Å². The highest BCUT2D eigenvalue weighted by atomic mass is 16.4. The molecule has 3 aliphatic carbocycles. The maximum Gasteiger partial charge on any atom is 0.305 e. The molecule has 156 valence electrons. The Kier molecular flexibility index (Phi) is 6.60. The van der Waals surface area contributed by atoms with E-state index in [0.29, 0.717) is 23.2 Å². The summed E-state index contributed by atoms with van der Waals surface area (Å²) < 4.78 is 0. The number of rotatable bonds is 7. The predicted molar refractivity (Wildman–Crippen MR) is 110 cm³/mol. The topological polar surface area (TPSA) is 57.5 Å². The summed E-state index contributed by atoms with van der Waals surface area (Å²) in [6.07, 6.45) is 14.7. The van der Waals surface area contributed by atoms with Gasteiger partial charge < -0.3 is 10.2 Å². The number of aliphatic hydroxyl groups excluding tert-OH is 1. The van der Waals surface area contributed by atoms with Crippen LogP contribution in [0.25, 0.3) is 0 Å². The number of carbonyl (C=O) groups is 1. The van der Waals surface area contributed by atoms with Crippen LogP contribution in [0.5, 0.6) is 0 Å². The molecule has 0 saturated heterocycles. The molecule has 3 rings (SSSR count). The Bertz CT molecular complexity index is 510. The molecule has 0 aliphatic heterocycles. The van der Waals surface area contributed by atoms with E-state index in [9.17, 15) is 9.90 Å². The Morgan fingerprint density at radius 1 is 1.04 bits per heavy atom. The molecule has 0 aromatic rings. The van der Waals surface area contributed by atoms with Crippen molar-refractivity contribution in [2.24, 2.45) is 34.5 Å². The van der Waals surface area contributed by atoms with Crippen LogP contribution in [0.3, 0.4) is 0 Å². The zero-order valence-corrected chi connectivity index (χ0v) is 17.9. The second kappa shape index (κ2) is 8.43. The Balaban J connectivity index is 1.76. The van der Waals surface area contributed by atoms with Gasteiger partial charge in [-0.3, -0.25) is 4.79 Å². The molecule has 3 heteroatoms. The summed E-state index contributed by atoms with van der Waals surface area (Å²) >= 11 is 0. The van der Waals surface area contributed by atoms with Crippen molar-refractivity contribution < 1.29 is 15.0 Å². The van der Waals surface area contributed by atoms with Gasteiger partial charge in [0.05, 0.1) is 12.5 Å². The van der Waals surface area contributed by atoms with Gasteiger partial charge in [0, 0.05) is 0 Å². The highest BCUT2D eigenvalue weighted by Crippen LogP contribution is 2.64. The molecule has 0 spiro atoms. The zero-order valence-electron chi connectivity index (χ0n) is 17.9. The van der Waals surface area contributed by atoms with Crippen molar-refractivity contribution in [2.75, 3.05) is 0 Å². The van der Waals surface area contributed by atoms with Gasteiger partial charge in [0.1, 0.15) is 0 Å². The predicted octanol–water partition coefficient (Wildman–Crippen LogP) is 6.04. The quantitative estimate of drug-likeness (QED) is 0.567. The Morgan fingerprint density at radius 3 is 2.37 bits per heavy atom. The van der Waals surface area contributed by atoms with Crippen LogP contribution in [-0.4, -0.2) is 22.3 Å². The minimum atomic E-state index is -0.875. The van der Waals surface area contributed by atoms with Crippen LogP contribution in [0.2, 0.25) is 0 Å². The molecular formula is C24H42O3. The van der Waals surface area contributed by atoms with Gasteiger partial charge in [-0.2, -0.15) is 0 Å². The van der Waals surface area contributed by atoms with Crippen molar-refractivity contribution in [3.63, 3.8) is 0 Å². The molecule has 3 aliphatic rings. The van der Waals surface area contributed by atoms with E-state index in [1.54, 1.807) is 0 Å². The molecule has 0 radical (unpaired) electrons. The van der Waals surface area contributed by atoms with Gasteiger partial charge in [0.25, 0.3) is 0 Å². The lowest BCUT2D eigenvalue weighted by atomic mass is 9.50. The van der Waals surface area contributed by atoms with Crippen molar-refractivity contribution in [1.29, 1.82) is 0 Å². The SMILES string of the molecule is CCCC1C(C2(C)CCCCC2)CCC2(C)C(CC(O)CC(=O)O)CCC12. The van der Waals surface area contributed by atoms with Gasteiger partial charge in [-0.1, -0.05) is 52.9 Å². The van der Waals surface area contributed by atoms with E-state index in [4.69, 9.17) is 5.11 Å². The Hall–Kier alpha value is -0.570. The molecule has 0 heterocycles. The van der Waals surface area contributed by atoms with Crippen LogP contribution in [-0.2, 0) is 4.79 Å². The van der Waals surface area contributed by atoms with E-state index in [2.05, 4.69) is 20.8 Å². The molecule has 0 aromatic carbocycles. The van der Waals surface area contributed by atoms with Crippen molar-refractivity contribution in [1.82, 2.24) is 0 Å². The minimum absolute atomic E-state index is 0.101. The number of fused-ring (bicyclic) bond motifs is 1. The first-order chi connectivity index (χ1) is 12.8. The van der Waals surface area contributed by atoms with Crippen LogP contribution in [0.4, 0.5) is 0 Å². The lowest BCUT2D eigenvalue weighted by molar-refractivity contribution is -0.139. The first-order valence-corrected chi connectivity index (χ1v) is 11.7. The molecule has 6 unspecified atom stereocenters. The average Bonchev–Trinajstić information content (AvgIpc) is 2.92. The van der Waals surface area contributed by atoms with E-state index >= 15 is 0 Å².